The molecule has 0 aliphatic carbocycles. The average Bonchev–Trinajstić information content (AvgIpc) is 2.37. The number of phenols is 1. The summed E-state index contributed by atoms with van der Waals surface area (Å²) < 4.78 is 5.32. The predicted octanol–water partition coefficient (Wildman–Crippen LogP) is 2.63. The van der Waals surface area contributed by atoms with E-state index >= 15 is 0 Å². The molecule has 0 radical (unpaired) electrons. The number of benzene rings is 1. The fourth-order valence-electron chi connectivity index (χ4n) is 2.65. The van der Waals surface area contributed by atoms with Crippen molar-refractivity contribution >= 4 is 5.97 Å². The van der Waals surface area contributed by atoms with Crippen molar-refractivity contribution in [2.45, 2.75) is 46.3 Å². The maximum Gasteiger partial charge on any atom is 0.342 e. The van der Waals surface area contributed by atoms with E-state index in [2.05, 4.69) is 0 Å². The zero-order valence-corrected chi connectivity index (χ0v) is 11.7. The molecule has 2 N–H and O–H groups in total. The van der Waals surface area contributed by atoms with Gasteiger partial charge in [0.1, 0.15) is 23.5 Å². The second kappa shape index (κ2) is 4.85. The Labute approximate surface area is 113 Å². The van der Waals surface area contributed by atoms with Gasteiger partial charge in [-0.25, -0.2) is 4.79 Å². The van der Waals surface area contributed by atoms with Crippen LogP contribution in [0, 0.1) is 19.8 Å². The Morgan fingerprint density at radius 3 is 2.58 bits per heavy atom. The minimum absolute atomic E-state index is 0.0648. The maximum atomic E-state index is 12.1. The third kappa shape index (κ3) is 2.10. The summed E-state index contributed by atoms with van der Waals surface area (Å²) in [7, 11) is 0. The van der Waals surface area contributed by atoms with Gasteiger partial charge in [0.15, 0.2) is 0 Å². The summed E-state index contributed by atoms with van der Waals surface area (Å²) in [6.45, 7) is 7.49. The monoisotopic (exact) mass is 264 g/mol. The predicted molar refractivity (Wildman–Crippen MR) is 71.2 cm³/mol. The Kier molecular flexibility index (Phi) is 3.54. The summed E-state index contributed by atoms with van der Waals surface area (Å²) in [5.41, 5.74) is 2.04. The number of fused-ring (bicyclic) bond motifs is 1. The summed E-state index contributed by atoms with van der Waals surface area (Å²) in [6, 6.07) is 1.78. The number of ether oxygens (including phenoxy) is 1. The van der Waals surface area contributed by atoms with E-state index in [1.54, 1.807) is 13.0 Å². The van der Waals surface area contributed by atoms with Gasteiger partial charge in [0.05, 0.1) is 0 Å². The molecule has 0 bridgehead atoms. The number of rotatable bonds is 2. The summed E-state index contributed by atoms with van der Waals surface area (Å²) in [5, 5.41) is 20.5. The fourth-order valence-corrected chi connectivity index (χ4v) is 2.65. The van der Waals surface area contributed by atoms with Gasteiger partial charge in [0.25, 0.3) is 0 Å². The van der Waals surface area contributed by atoms with Crippen molar-refractivity contribution in [2.75, 3.05) is 0 Å². The van der Waals surface area contributed by atoms with Gasteiger partial charge in [-0.2, -0.15) is 0 Å². The highest BCUT2D eigenvalue weighted by atomic mass is 16.6. The number of aliphatic hydroxyl groups excluding tert-OH is 1. The lowest BCUT2D eigenvalue weighted by Crippen LogP contribution is -2.37. The van der Waals surface area contributed by atoms with Crippen molar-refractivity contribution in [3.8, 4) is 5.75 Å². The summed E-state index contributed by atoms with van der Waals surface area (Å²) >= 11 is 0. The standard InChI is InChI=1S/C15H20O4/c1-5-7(2)14-13(17)10-8(3)6-9(4)12(16)11(10)15(18)19-14/h6-7,13-14,16-17H,5H2,1-4H3/t7-,13+,14-/m1/s1. The number of hydrogen-bond acceptors (Lipinski definition) is 4. The average molecular weight is 264 g/mol. The molecule has 19 heavy (non-hydrogen) atoms. The van der Waals surface area contributed by atoms with Gasteiger partial charge in [0.2, 0.25) is 0 Å². The number of carbonyl (C=O) groups excluding carboxylic acids is 1. The second-order valence-electron chi connectivity index (χ2n) is 5.35. The Morgan fingerprint density at radius 2 is 2.00 bits per heavy atom. The Morgan fingerprint density at radius 1 is 1.37 bits per heavy atom. The van der Waals surface area contributed by atoms with Gasteiger partial charge >= 0.3 is 5.97 Å². The topological polar surface area (TPSA) is 66.8 Å². The SMILES string of the molecule is CC[C@@H](C)[C@H]1OC(=O)c2c(O)c(C)cc(C)c2[C@@H]1O. The molecular formula is C15H20O4. The molecular weight excluding hydrogens is 244 g/mol. The van der Waals surface area contributed by atoms with Crippen molar-refractivity contribution in [1.29, 1.82) is 0 Å². The first-order valence-corrected chi connectivity index (χ1v) is 6.60. The molecule has 2 rings (SSSR count). The molecule has 4 nitrogen and oxygen atoms in total. The normalized spacial score (nSPS) is 23.7. The van der Waals surface area contributed by atoms with E-state index in [9.17, 15) is 15.0 Å². The Hall–Kier alpha value is -1.55. The zero-order chi connectivity index (χ0) is 14.3. The highest BCUT2D eigenvalue weighted by Crippen LogP contribution is 2.40. The van der Waals surface area contributed by atoms with Crippen LogP contribution in [0.25, 0.3) is 0 Å². The number of phenolic OH excluding ortho intramolecular Hbond substituents is 1. The van der Waals surface area contributed by atoms with Crippen LogP contribution in [0.5, 0.6) is 5.75 Å². The molecule has 104 valence electrons. The zero-order valence-electron chi connectivity index (χ0n) is 11.7. The van der Waals surface area contributed by atoms with E-state index in [1.807, 2.05) is 20.8 Å². The van der Waals surface area contributed by atoms with Crippen LogP contribution in [-0.4, -0.2) is 22.3 Å². The van der Waals surface area contributed by atoms with Crippen molar-refractivity contribution < 1.29 is 19.7 Å². The molecule has 1 aliphatic rings. The highest BCUT2D eigenvalue weighted by molar-refractivity contribution is 5.96. The molecule has 0 fully saturated rings. The van der Waals surface area contributed by atoms with Crippen molar-refractivity contribution in [3.63, 3.8) is 0 Å². The summed E-state index contributed by atoms with van der Waals surface area (Å²) in [5.74, 6) is -0.572. The molecule has 0 aromatic heterocycles. The molecule has 1 heterocycles. The van der Waals surface area contributed by atoms with Gasteiger partial charge in [-0.1, -0.05) is 19.9 Å². The number of aromatic hydroxyl groups is 1. The molecule has 0 unspecified atom stereocenters. The fraction of sp³-hybridized carbons (Fsp3) is 0.533. The molecule has 1 aliphatic heterocycles. The molecule has 0 amide bonds. The van der Waals surface area contributed by atoms with E-state index in [0.29, 0.717) is 11.1 Å². The Bertz CT molecular complexity index is 521. The molecule has 0 saturated carbocycles. The van der Waals surface area contributed by atoms with Crippen LogP contribution < -0.4 is 0 Å². The lowest BCUT2D eigenvalue weighted by molar-refractivity contribution is -0.0520. The van der Waals surface area contributed by atoms with Gasteiger partial charge in [0, 0.05) is 5.56 Å². The summed E-state index contributed by atoms with van der Waals surface area (Å²) in [6.07, 6.45) is -0.624. The molecule has 1 aromatic rings. The van der Waals surface area contributed by atoms with Crippen molar-refractivity contribution in [2.24, 2.45) is 5.92 Å². The van der Waals surface area contributed by atoms with Crippen molar-refractivity contribution in [1.82, 2.24) is 0 Å². The number of aryl methyl sites for hydroxylation is 2. The lowest BCUT2D eigenvalue weighted by atomic mass is 9.84. The number of esters is 1. The van der Waals surface area contributed by atoms with E-state index < -0.39 is 18.2 Å². The van der Waals surface area contributed by atoms with Crippen LogP contribution in [-0.2, 0) is 4.74 Å². The quantitative estimate of drug-likeness (QED) is 0.806. The largest absolute Gasteiger partial charge is 0.507 e. The third-order valence-corrected chi connectivity index (χ3v) is 4.00. The van der Waals surface area contributed by atoms with Crippen LogP contribution in [0.2, 0.25) is 0 Å². The van der Waals surface area contributed by atoms with Crippen LogP contribution in [0.3, 0.4) is 0 Å². The minimum atomic E-state index is -0.880. The van der Waals surface area contributed by atoms with Gasteiger partial charge < -0.3 is 14.9 Å². The van der Waals surface area contributed by atoms with Crippen LogP contribution in [0.4, 0.5) is 0 Å². The van der Waals surface area contributed by atoms with Crippen LogP contribution in [0.15, 0.2) is 6.07 Å². The molecule has 4 heteroatoms. The van der Waals surface area contributed by atoms with Gasteiger partial charge in [-0.3, -0.25) is 0 Å². The highest BCUT2D eigenvalue weighted by Gasteiger charge is 2.40. The van der Waals surface area contributed by atoms with Crippen LogP contribution in [0.1, 0.15) is 53.4 Å². The number of cyclic esters (lactones) is 1. The maximum absolute atomic E-state index is 12.1. The smallest absolute Gasteiger partial charge is 0.342 e. The number of hydrogen-bond donors (Lipinski definition) is 2. The lowest BCUT2D eigenvalue weighted by Gasteiger charge is -2.34. The number of carbonyl (C=O) groups is 1. The molecule has 3 atom stereocenters. The first-order valence-electron chi connectivity index (χ1n) is 6.60. The first kappa shape index (κ1) is 13.9. The minimum Gasteiger partial charge on any atom is -0.507 e. The number of aliphatic hydroxyl groups is 1. The summed E-state index contributed by atoms with van der Waals surface area (Å²) in [4.78, 5) is 12.1. The van der Waals surface area contributed by atoms with E-state index in [4.69, 9.17) is 4.74 Å². The Balaban J connectivity index is 2.59. The van der Waals surface area contributed by atoms with Crippen LogP contribution >= 0.6 is 0 Å². The molecule has 0 saturated heterocycles. The van der Waals surface area contributed by atoms with E-state index in [1.165, 1.54) is 0 Å². The van der Waals surface area contributed by atoms with E-state index in [0.717, 1.165) is 12.0 Å². The second-order valence-corrected chi connectivity index (χ2v) is 5.35. The van der Waals surface area contributed by atoms with Gasteiger partial charge in [-0.05, 0) is 37.3 Å². The van der Waals surface area contributed by atoms with E-state index in [-0.39, 0.29) is 17.2 Å². The third-order valence-electron chi connectivity index (χ3n) is 4.00. The molecule has 1 aromatic carbocycles. The first-order chi connectivity index (χ1) is 8.88. The van der Waals surface area contributed by atoms with Gasteiger partial charge in [-0.15, -0.1) is 0 Å². The van der Waals surface area contributed by atoms with Crippen molar-refractivity contribution in [3.05, 3.63) is 28.3 Å². The molecule has 0 spiro atoms.